The highest BCUT2D eigenvalue weighted by atomic mass is 19.2. The van der Waals surface area contributed by atoms with Crippen LogP contribution in [0.3, 0.4) is 0 Å². The van der Waals surface area contributed by atoms with Gasteiger partial charge in [0.2, 0.25) is 5.91 Å². The van der Waals surface area contributed by atoms with Crippen LogP contribution >= 0.6 is 0 Å². The Labute approximate surface area is 169 Å². The molecule has 4 aliphatic carbocycles. The van der Waals surface area contributed by atoms with Crippen molar-refractivity contribution >= 4 is 17.3 Å². The van der Waals surface area contributed by atoms with Crippen LogP contribution in [0.2, 0.25) is 0 Å². The van der Waals surface area contributed by atoms with Gasteiger partial charge in [-0.25, -0.2) is 8.78 Å². The highest BCUT2D eigenvalue weighted by molar-refractivity contribution is 6.08. The highest BCUT2D eigenvalue weighted by Gasteiger charge is 2.67. The number of nitrogens with two attached hydrogens (primary N) is 1. The van der Waals surface area contributed by atoms with E-state index in [0.717, 1.165) is 22.5 Å². The molecule has 6 rings (SSSR count). The number of carbonyl (C=O) groups is 1. The first kappa shape index (κ1) is 18.8. The minimum atomic E-state index is -1.56. The molecule has 0 spiro atoms. The number of rotatable bonds is 1. The van der Waals surface area contributed by atoms with E-state index in [1.165, 1.54) is 6.20 Å². The third-order valence-electron chi connectivity index (χ3n) is 7.44. The number of anilines is 1. The molecule has 4 saturated carbocycles. The molecule has 1 heterocycles. The minimum Gasteiger partial charge on any atom is -0.404 e. The summed E-state index contributed by atoms with van der Waals surface area (Å²) in [6, 6.07) is 7.72. The van der Waals surface area contributed by atoms with E-state index in [1.807, 2.05) is 24.3 Å². The molecule has 0 saturated heterocycles. The Morgan fingerprint density at radius 3 is 2.48 bits per heavy atom. The Morgan fingerprint density at radius 2 is 1.86 bits per heavy atom. The van der Waals surface area contributed by atoms with Crippen molar-refractivity contribution in [2.75, 3.05) is 18.5 Å². The summed E-state index contributed by atoms with van der Waals surface area (Å²) in [6.07, 6.45) is 3.67. The van der Waals surface area contributed by atoms with E-state index in [1.54, 1.807) is 11.9 Å². The normalized spacial score (nSPS) is 40.9. The lowest BCUT2D eigenvalue weighted by Crippen LogP contribution is -2.64. The van der Waals surface area contributed by atoms with Crippen molar-refractivity contribution < 1.29 is 13.6 Å². The zero-order valence-electron chi connectivity index (χ0n) is 16.8. The summed E-state index contributed by atoms with van der Waals surface area (Å²) in [6.45, 7) is 0.282. The molecule has 2 atom stereocenters. The molecule has 2 unspecified atom stereocenters. The maximum atomic E-state index is 15.5. The monoisotopic (exact) mass is 399 g/mol. The van der Waals surface area contributed by atoms with Crippen molar-refractivity contribution in [3.63, 3.8) is 0 Å². The zero-order chi connectivity index (χ0) is 20.4. The molecule has 2 N–H and O–H groups in total. The zero-order valence-corrected chi connectivity index (χ0v) is 16.8. The number of carbonyl (C=O) groups excluding carboxylic acids is 1. The van der Waals surface area contributed by atoms with Crippen molar-refractivity contribution in [3.8, 4) is 0 Å². The van der Waals surface area contributed by atoms with E-state index in [4.69, 9.17) is 5.73 Å². The van der Waals surface area contributed by atoms with Gasteiger partial charge in [-0.1, -0.05) is 18.2 Å². The van der Waals surface area contributed by atoms with Crippen LogP contribution < -0.4 is 10.6 Å². The fourth-order valence-electron chi connectivity index (χ4n) is 6.85. The predicted octanol–water partition coefficient (Wildman–Crippen LogP) is 3.89. The first-order chi connectivity index (χ1) is 13.8. The number of benzene rings is 1. The summed E-state index contributed by atoms with van der Waals surface area (Å²) < 4.78 is 31.0. The van der Waals surface area contributed by atoms with E-state index in [9.17, 15) is 4.79 Å². The molecular weight excluding hydrogens is 372 g/mol. The number of hydrogen-bond donors (Lipinski definition) is 1. The number of aliphatic imine (C=N–C) groups is 1. The van der Waals surface area contributed by atoms with Crippen molar-refractivity contribution in [1.29, 1.82) is 0 Å². The molecule has 1 amide bonds. The summed E-state index contributed by atoms with van der Waals surface area (Å²) in [5, 5.41) is 0. The molecule has 1 aromatic rings. The minimum absolute atomic E-state index is 0.0512. The number of nitrogens with zero attached hydrogens (tertiary/aromatic N) is 2. The third kappa shape index (κ3) is 2.82. The summed E-state index contributed by atoms with van der Waals surface area (Å²) in [4.78, 5) is 20.1. The van der Waals surface area contributed by atoms with Crippen LogP contribution in [0.15, 0.2) is 41.0 Å². The standard InChI is InChI=1S/C23H27F2N3O/c1-27-18-6-16-4-2-3-5-19(16)28(11-17(18)10-26)20(29)21-7-15-8-22(24,12-21)14-23(25,9-15)13-21/h2-5,10,15H,6-9,11-14,26H2,1H3. The highest BCUT2D eigenvalue weighted by Crippen LogP contribution is 2.66. The molecular formula is C23H27F2N3O. The van der Waals surface area contributed by atoms with Crippen LogP contribution in [-0.2, 0) is 11.2 Å². The number of halogens is 2. The first-order valence-corrected chi connectivity index (χ1v) is 10.4. The van der Waals surface area contributed by atoms with Gasteiger partial charge in [0.25, 0.3) is 0 Å². The van der Waals surface area contributed by atoms with Crippen molar-refractivity contribution in [3.05, 3.63) is 41.6 Å². The molecule has 154 valence electrons. The number of hydrogen-bond acceptors (Lipinski definition) is 3. The Morgan fingerprint density at radius 1 is 1.17 bits per heavy atom. The van der Waals surface area contributed by atoms with Gasteiger partial charge in [-0.15, -0.1) is 0 Å². The fraction of sp³-hybridized carbons (Fsp3) is 0.565. The quantitative estimate of drug-likeness (QED) is 0.779. The van der Waals surface area contributed by atoms with Gasteiger partial charge in [0, 0.05) is 43.1 Å². The summed E-state index contributed by atoms with van der Waals surface area (Å²) in [5.41, 5.74) is 5.20. The van der Waals surface area contributed by atoms with Gasteiger partial charge in [-0.2, -0.15) is 0 Å². The molecule has 1 aromatic carbocycles. The molecule has 4 fully saturated rings. The fourth-order valence-corrected chi connectivity index (χ4v) is 6.85. The number of fused-ring (bicyclic) bond motifs is 1. The number of amides is 1. The Balaban J connectivity index is 1.59. The molecule has 1 aliphatic heterocycles. The molecule has 4 bridgehead atoms. The number of para-hydroxylation sites is 1. The molecule has 0 aromatic heterocycles. The van der Waals surface area contributed by atoms with Crippen molar-refractivity contribution in [2.45, 2.75) is 56.3 Å². The lowest BCUT2D eigenvalue weighted by Gasteiger charge is -2.60. The van der Waals surface area contributed by atoms with E-state index >= 15 is 8.78 Å². The second-order valence-corrected chi connectivity index (χ2v) is 9.65. The maximum absolute atomic E-state index is 15.5. The summed E-state index contributed by atoms with van der Waals surface area (Å²) in [5.74, 6) is -0.209. The van der Waals surface area contributed by atoms with Crippen LogP contribution in [0.4, 0.5) is 14.5 Å². The van der Waals surface area contributed by atoms with Crippen molar-refractivity contribution in [2.24, 2.45) is 22.1 Å². The number of alkyl halides is 2. The Hall–Kier alpha value is -2.24. The average Bonchev–Trinajstić information content (AvgIpc) is 2.81. The Bertz CT molecular complexity index is 922. The van der Waals surface area contributed by atoms with Crippen molar-refractivity contribution in [1.82, 2.24) is 0 Å². The van der Waals surface area contributed by atoms with E-state index in [-0.39, 0.29) is 37.6 Å². The molecule has 5 aliphatic rings. The molecule has 0 radical (unpaired) electrons. The SMILES string of the molecule is CN=C1Cc2ccccc2N(C(=O)C23CC4CC(F)(CC(F)(C4)C2)C3)CC1=CN. The first-order valence-electron chi connectivity index (χ1n) is 10.4. The maximum Gasteiger partial charge on any atom is 0.233 e. The van der Waals surface area contributed by atoms with E-state index < -0.39 is 16.8 Å². The second-order valence-electron chi connectivity index (χ2n) is 9.65. The van der Waals surface area contributed by atoms with Gasteiger partial charge in [0.05, 0.1) is 12.0 Å². The molecule has 6 heteroatoms. The van der Waals surface area contributed by atoms with E-state index in [0.29, 0.717) is 25.7 Å². The summed E-state index contributed by atoms with van der Waals surface area (Å²) >= 11 is 0. The van der Waals surface area contributed by atoms with Gasteiger partial charge in [0.1, 0.15) is 11.3 Å². The Kier molecular flexibility index (Phi) is 3.97. The molecule has 29 heavy (non-hydrogen) atoms. The van der Waals surface area contributed by atoms with Crippen LogP contribution in [0.5, 0.6) is 0 Å². The largest absolute Gasteiger partial charge is 0.404 e. The predicted molar refractivity (Wildman–Crippen MR) is 109 cm³/mol. The van der Waals surface area contributed by atoms with Gasteiger partial charge in [0.15, 0.2) is 0 Å². The van der Waals surface area contributed by atoms with Gasteiger partial charge < -0.3 is 10.6 Å². The van der Waals surface area contributed by atoms with E-state index in [2.05, 4.69) is 4.99 Å². The summed E-state index contributed by atoms with van der Waals surface area (Å²) in [7, 11) is 1.72. The lowest BCUT2D eigenvalue weighted by atomic mass is 9.47. The van der Waals surface area contributed by atoms with Gasteiger partial charge in [-0.05, 0) is 49.7 Å². The van der Waals surface area contributed by atoms with Gasteiger partial charge >= 0.3 is 0 Å². The van der Waals surface area contributed by atoms with Crippen LogP contribution in [0.25, 0.3) is 0 Å². The molecule has 4 nitrogen and oxygen atoms in total. The van der Waals surface area contributed by atoms with Crippen LogP contribution in [-0.4, -0.2) is 36.5 Å². The average molecular weight is 399 g/mol. The van der Waals surface area contributed by atoms with Crippen LogP contribution in [0, 0.1) is 11.3 Å². The smallest absolute Gasteiger partial charge is 0.233 e. The third-order valence-corrected chi connectivity index (χ3v) is 7.44. The van der Waals surface area contributed by atoms with Crippen LogP contribution in [0.1, 0.15) is 44.1 Å². The van der Waals surface area contributed by atoms with Gasteiger partial charge in [-0.3, -0.25) is 9.79 Å². The topological polar surface area (TPSA) is 58.7 Å². The second kappa shape index (κ2) is 6.13. The lowest BCUT2D eigenvalue weighted by molar-refractivity contribution is -0.183.